The van der Waals surface area contributed by atoms with Crippen LogP contribution >= 0.6 is 15.9 Å². The van der Waals surface area contributed by atoms with Crippen LogP contribution < -0.4 is 13.7 Å². The topological polar surface area (TPSA) is 61.8 Å². The monoisotopic (exact) mass is 422 g/mol. The molecule has 0 unspecified atom stereocenters. The van der Waals surface area contributed by atoms with Crippen molar-refractivity contribution in [3.05, 3.63) is 59.1 Å². The summed E-state index contributed by atoms with van der Waals surface area (Å²) >= 11 is 3.43. The Hall–Kier alpha value is -2.25. The van der Waals surface area contributed by atoms with E-state index < -0.39 is 10.1 Å². The molecule has 7 heteroatoms. The van der Waals surface area contributed by atoms with Gasteiger partial charge in [-0.2, -0.15) is 8.42 Å². The van der Waals surface area contributed by atoms with Crippen molar-refractivity contribution in [3.8, 4) is 17.2 Å². The highest BCUT2D eigenvalue weighted by Gasteiger charge is 2.24. The van der Waals surface area contributed by atoms with Gasteiger partial charge in [0.25, 0.3) is 0 Å². The van der Waals surface area contributed by atoms with Gasteiger partial charge in [0.05, 0.1) is 18.7 Å². The molecule has 25 heavy (non-hydrogen) atoms. The molecule has 0 N–H and O–H groups in total. The van der Waals surface area contributed by atoms with Gasteiger partial charge in [-0.3, -0.25) is 0 Å². The van der Waals surface area contributed by atoms with Crippen LogP contribution in [0.1, 0.15) is 0 Å². The van der Waals surface area contributed by atoms with Gasteiger partial charge < -0.3 is 13.7 Å². The summed E-state index contributed by atoms with van der Waals surface area (Å²) < 4.78 is 41.7. The Balaban J connectivity index is 2.07. The highest BCUT2D eigenvalue weighted by atomic mass is 79.9. The van der Waals surface area contributed by atoms with Gasteiger partial charge in [-0.25, -0.2) is 0 Å². The minimum Gasteiger partial charge on any atom is -0.497 e. The average molecular weight is 423 g/mol. The molecule has 0 aliphatic heterocycles. The summed E-state index contributed by atoms with van der Waals surface area (Å²) in [5, 5.41) is 1.82. The third-order valence-corrected chi connectivity index (χ3v) is 5.74. The Bertz CT molecular complexity index is 1030. The number of halogens is 1. The highest BCUT2D eigenvalue weighted by Crippen LogP contribution is 2.36. The van der Waals surface area contributed by atoms with Crippen molar-refractivity contribution in [1.29, 1.82) is 0 Å². The summed E-state index contributed by atoms with van der Waals surface area (Å²) in [7, 11) is -1.26. The molecule has 0 saturated heterocycles. The second-order valence-corrected chi connectivity index (χ2v) is 7.46. The Labute approximate surface area is 154 Å². The third-order valence-electron chi connectivity index (χ3n) is 3.67. The minimum atomic E-state index is -4.11. The van der Waals surface area contributed by atoms with Crippen LogP contribution in [0.4, 0.5) is 0 Å². The Morgan fingerprint density at radius 3 is 2.32 bits per heavy atom. The molecule has 0 bridgehead atoms. The molecule has 0 amide bonds. The number of methoxy groups -OCH3 is 2. The van der Waals surface area contributed by atoms with Crippen LogP contribution in [0, 0.1) is 0 Å². The molecule has 0 saturated carbocycles. The van der Waals surface area contributed by atoms with Crippen LogP contribution in [0.5, 0.6) is 17.2 Å². The molecule has 3 rings (SSSR count). The molecule has 3 aromatic carbocycles. The van der Waals surface area contributed by atoms with Crippen LogP contribution in [0.25, 0.3) is 10.8 Å². The minimum absolute atomic E-state index is 0.102. The second-order valence-electron chi connectivity index (χ2n) is 5.15. The highest BCUT2D eigenvalue weighted by molar-refractivity contribution is 9.10. The van der Waals surface area contributed by atoms with Gasteiger partial charge in [0, 0.05) is 6.07 Å². The van der Waals surface area contributed by atoms with Gasteiger partial charge >= 0.3 is 10.1 Å². The summed E-state index contributed by atoms with van der Waals surface area (Å²) in [6, 6.07) is 15.5. The van der Waals surface area contributed by atoms with Crippen LogP contribution in [0.15, 0.2) is 64.0 Å². The summed E-state index contributed by atoms with van der Waals surface area (Å²) in [5.74, 6) is 0.766. The zero-order chi connectivity index (χ0) is 18.0. The molecular weight excluding hydrogens is 408 g/mol. The standard InChI is InChI=1S/C18H15BrO5S/c1-22-13-8-10-15(23-2)17(11-13)25(20,21)24-16-9-7-12-5-3-4-6-14(12)18(16)19/h3-11H,1-2H3. The van der Waals surface area contributed by atoms with Gasteiger partial charge in [-0.05, 0) is 44.9 Å². The van der Waals surface area contributed by atoms with E-state index >= 15 is 0 Å². The molecule has 0 aromatic heterocycles. The Kier molecular flexibility index (Phi) is 4.87. The molecule has 0 aliphatic rings. The fourth-order valence-electron chi connectivity index (χ4n) is 2.42. The lowest BCUT2D eigenvalue weighted by Gasteiger charge is -2.13. The predicted octanol–water partition coefficient (Wildman–Crippen LogP) is 4.39. The zero-order valence-electron chi connectivity index (χ0n) is 13.5. The van der Waals surface area contributed by atoms with Gasteiger partial charge in [-0.15, -0.1) is 0 Å². The summed E-state index contributed by atoms with van der Waals surface area (Å²) in [6.45, 7) is 0. The first-order valence-electron chi connectivity index (χ1n) is 7.30. The van der Waals surface area contributed by atoms with Crippen molar-refractivity contribution in [2.75, 3.05) is 14.2 Å². The zero-order valence-corrected chi connectivity index (χ0v) is 15.9. The Morgan fingerprint density at radius 1 is 0.880 bits per heavy atom. The number of hydrogen-bond donors (Lipinski definition) is 0. The van der Waals surface area contributed by atoms with Gasteiger partial charge in [0.1, 0.15) is 11.5 Å². The van der Waals surface area contributed by atoms with Crippen molar-refractivity contribution < 1.29 is 22.1 Å². The lowest BCUT2D eigenvalue weighted by molar-refractivity contribution is 0.388. The molecule has 0 fully saturated rings. The van der Waals surface area contributed by atoms with E-state index in [1.807, 2.05) is 24.3 Å². The molecule has 0 aliphatic carbocycles. The number of hydrogen-bond acceptors (Lipinski definition) is 5. The summed E-state index contributed by atoms with van der Waals surface area (Å²) in [4.78, 5) is -0.102. The predicted molar refractivity (Wildman–Crippen MR) is 99.0 cm³/mol. The largest absolute Gasteiger partial charge is 0.497 e. The van der Waals surface area contributed by atoms with Gasteiger partial charge in [0.15, 0.2) is 10.6 Å². The van der Waals surface area contributed by atoms with Crippen LogP contribution in [0.2, 0.25) is 0 Å². The lowest BCUT2D eigenvalue weighted by Crippen LogP contribution is -2.11. The van der Waals surface area contributed by atoms with E-state index in [1.165, 1.54) is 26.4 Å². The molecule has 0 heterocycles. The summed E-state index contributed by atoms with van der Waals surface area (Å²) in [6.07, 6.45) is 0. The third kappa shape index (κ3) is 3.43. The fraction of sp³-hybridized carbons (Fsp3) is 0.111. The first kappa shape index (κ1) is 17.6. The number of rotatable bonds is 5. The maximum atomic E-state index is 12.8. The van der Waals surface area contributed by atoms with Crippen molar-refractivity contribution >= 4 is 36.8 Å². The van der Waals surface area contributed by atoms with E-state index in [4.69, 9.17) is 13.7 Å². The van der Waals surface area contributed by atoms with E-state index in [0.717, 1.165) is 10.8 Å². The fourth-order valence-corrected chi connectivity index (χ4v) is 4.23. The van der Waals surface area contributed by atoms with Gasteiger partial charge in [0.2, 0.25) is 0 Å². The lowest BCUT2D eigenvalue weighted by atomic mass is 10.1. The number of benzene rings is 3. The average Bonchev–Trinajstić information content (AvgIpc) is 2.63. The smallest absolute Gasteiger partial charge is 0.343 e. The van der Waals surface area contributed by atoms with Crippen LogP contribution in [0.3, 0.4) is 0 Å². The maximum absolute atomic E-state index is 12.8. The van der Waals surface area contributed by atoms with Gasteiger partial charge in [-0.1, -0.05) is 30.3 Å². The first-order chi connectivity index (χ1) is 12.0. The SMILES string of the molecule is COc1ccc(OC)c(S(=O)(=O)Oc2ccc3ccccc3c2Br)c1. The van der Waals surface area contributed by atoms with Crippen LogP contribution in [-0.2, 0) is 10.1 Å². The molecule has 0 radical (unpaired) electrons. The second kappa shape index (κ2) is 6.93. The van der Waals surface area contributed by atoms with E-state index in [1.54, 1.807) is 18.2 Å². The van der Waals surface area contributed by atoms with E-state index in [-0.39, 0.29) is 16.4 Å². The molecule has 5 nitrogen and oxygen atoms in total. The van der Waals surface area contributed by atoms with E-state index in [0.29, 0.717) is 10.2 Å². The van der Waals surface area contributed by atoms with Crippen molar-refractivity contribution in [2.45, 2.75) is 4.90 Å². The number of fused-ring (bicyclic) bond motifs is 1. The quantitative estimate of drug-likeness (QED) is 0.570. The first-order valence-corrected chi connectivity index (χ1v) is 9.50. The molecule has 0 spiro atoms. The van der Waals surface area contributed by atoms with Crippen molar-refractivity contribution in [1.82, 2.24) is 0 Å². The molecule has 0 atom stereocenters. The molecule has 130 valence electrons. The van der Waals surface area contributed by atoms with Crippen molar-refractivity contribution in [3.63, 3.8) is 0 Å². The maximum Gasteiger partial charge on any atom is 0.343 e. The Morgan fingerprint density at radius 2 is 1.60 bits per heavy atom. The molecule has 3 aromatic rings. The normalized spacial score (nSPS) is 11.3. The number of ether oxygens (including phenoxy) is 2. The van der Waals surface area contributed by atoms with E-state index in [9.17, 15) is 8.42 Å². The molecular formula is C18H15BrO5S. The van der Waals surface area contributed by atoms with Crippen molar-refractivity contribution in [2.24, 2.45) is 0 Å². The van der Waals surface area contributed by atoms with E-state index in [2.05, 4.69) is 15.9 Å². The van der Waals surface area contributed by atoms with Crippen LogP contribution in [-0.4, -0.2) is 22.6 Å². The summed E-state index contributed by atoms with van der Waals surface area (Å²) in [5.41, 5.74) is 0.